The van der Waals surface area contributed by atoms with Gasteiger partial charge in [0.2, 0.25) is 0 Å². The normalized spacial score (nSPS) is 20.9. The average molecular weight is 224 g/mol. The monoisotopic (exact) mass is 224 g/mol. The summed E-state index contributed by atoms with van der Waals surface area (Å²) in [4.78, 5) is 4.35. The summed E-state index contributed by atoms with van der Waals surface area (Å²) in [7, 11) is 0. The highest BCUT2D eigenvalue weighted by atomic mass is 32.2. The molecule has 4 heteroatoms. The van der Waals surface area contributed by atoms with Gasteiger partial charge in [-0.15, -0.1) is 0 Å². The number of para-hydroxylation sites is 1. The van der Waals surface area contributed by atoms with Crippen LogP contribution >= 0.6 is 11.8 Å². The number of rotatable bonds is 1. The van der Waals surface area contributed by atoms with Crippen molar-refractivity contribution in [3.05, 3.63) is 30.1 Å². The standard InChI is InChI=1S/C11H13FN2S/c1-8-6-13-11(15-7-8)14-10-5-3-2-4-9(10)12/h2-5,8H,6-7H2,1H3,(H,13,14). The number of anilines is 1. The Hall–Kier alpha value is -1.03. The molecule has 1 aliphatic rings. The lowest BCUT2D eigenvalue weighted by atomic mass is 10.2. The molecule has 80 valence electrons. The largest absolute Gasteiger partial charge is 0.333 e. The van der Waals surface area contributed by atoms with Crippen molar-refractivity contribution >= 4 is 22.6 Å². The molecule has 0 spiro atoms. The highest BCUT2D eigenvalue weighted by molar-refractivity contribution is 8.14. The van der Waals surface area contributed by atoms with Crippen molar-refractivity contribution in [2.24, 2.45) is 10.9 Å². The van der Waals surface area contributed by atoms with Crippen molar-refractivity contribution in [2.75, 3.05) is 17.6 Å². The maximum absolute atomic E-state index is 13.3. The van der Waals surface area contributed by atoms with Crippen molar-refractivity contribution < 1.29 is 4.39 Å². The Kier molecular flexibility index (Phi) is 3.26. The molecule has 0 radical (unpaired) electrons. The van der Waals surface area contributed by atoms with Crippen LogP contribution in [-0.2, 0) is 0 Å². The van der Waals surface area contributed by atoms with E-state index >= 15 is 0 Å². The Balaban J connectivity index is 2.06. The molecule has 0 aliphatic carbocycles. The van der Waals surface area contributed by atoms with Crippen LogP contribution in [0, 0.1) is 11.7 Å². The Morgan fingerprint density at radius 3 is 2.93 bits per heavy atom. The van der Waals surface area contributed by atoms with Crippen LogP contribution in [0.15, 0.2) is 29.3 Å². The van der Waals surface area contributed by atoms with Gasteiger partial charge in [0.1, 0.15) is 5.82 Å². The number of benzene rings is 1. The molecule has 0 fully saturated rings. The lowest BCUT2D eigenvalue weighted by molar-refractivity contribution is 0.632. The molecule has 1 aliphatic heterocycles. The number of aliphatic imine (C=N–C) groups is 1. The number of thioether (sulfide) groups is 1. The van der Waals surface area contributed by atoms with Crippen molar-refractivity contribution in [1.29, 1.82) is 0 Å². The van der Waals surface area contributed by atoms with Crippen LogP contribution in [0.3, 0.4) is 0 Å². The lowest BCUT2D eigenvalue weighted by Gasteiger charge is -2.17. The minimum Gasteiger partial charge on any atom is -0.333 e. The molecule has 0 aromatic heterocycles. The summed E-state index contributed by atoms with van der Waals surface area (Å²) in [5, 5.41) is 3.83. The Morgan fingerprint density at radius 2 is 2.27 bits per heavy atom. The minimum atomic E-state index is -0.237. The van der Waals surface area contributed by atoms with Crippen LogP contribution in [0.1, 0.15) is 6.92 Å². The SMILES string of the molecule is CC1CN=C(Nc2ccccc2F)SC1. The summed E-state index contributed by atoms with van der Waals surface area (Å²) in [6.07, 6.45) is 0. The topological polar surface area (TPSA) is 24.4 Å². The first kappa shape index (κ1) is 10.5. The number of nitrogens with one attached hydrogen (secondary N) is 1. The van der Waals surface area contributed by atoms with Crippen LogP contribution in [0.4, 0.5) is 10.1 Å². The zero-order chi connectivity index (χ0) is 10.7. The first-order valence-electron chi connectivity index (χ1n) is 4.94. The molecule has 2 rings (SSSR count). The lowest BCUT2D eigenvalue weighted by Crippen LogP contribution is -2.19. The van der Waals surface area contributed by atoms with Gasteiger partial charge >= 0.3 is 0 Å². The van der Waals surface area contributed by atoms with E-state index in [9.17, 15) is 4.39 Å². The van der Waals surface area contributed by atoms with Gasteiger partial charge in [-0.25, -0.2) is 4.39 Å². The summed E-state index contributed by atoms with van der Waals surface area (Å²) in [5.41, 5.74) is 0.498. The van der Waals surface area contributed by atoms with Gasteiger partial charge in [-0.3, -0.25) is 4.99 Å². The number of nitrogens with zero attached hydrogens (tertiary/aromatic N) is 1. The summed E-state index contributed by atoms with van der Waals surface area (Å²) < 4.78 is 13.3. The van der Waals surface area contributed by atoms with E-state index < -0.39 is 0 Å². The smallest absolute Gasteiger partial charge is 0.161 e. The third-order valence-electron chi connectivity index (χ3n) is 2.17. The maximum atomic E-state index is 13.3. The fraction of sp³-hybridized carbons (Fsp3) is 0.364. The molecule has 1 atom stereocenters. The van der Waals surface area contributed by atoms with E-state index in [-0.39, 0.29) is 5.82 Å². The molecule has 0 saturated carbocycles. The van der Waals surface area contributed by atoms with Crippen LogP contribution in [0.2, 0.25) is 0 Å². The number of amidine groups is 1. The first-order valence-corrected chi connectivity index (χ1v) is 5.93. The number of hydrogen-bond donors (Lipinski definition) is 1. The highest BCUT2D eigenvalue weighted by Crippen LogP contribution is 2.20. The fourth-order valence-electron chi connectivity index (χ4n) is 1.31. The molecule has 15 heavy (non-hydrogen) atoms. The van der Waals surface area contributed by atoms with Gasteiger partial charge in [0.05, 0.1) is 5.69 Å². The van der Waals surface area contributed by atoms with Crippen molar-refractivity contribution in [3.8, 4) is 0 Å². The zero-order valence-corrected chi connectivity index (χ0v) is 9.35. The molecule has 1 aromatic rings. The van der Waals surface area contributed by atoms with Gasteiger partial charge in [-0.1, -0.05) is 30.8 Å². The van der Waals surface area contributed by atoms with Crippen LogP contribution in [-0.4, -0.2) is 17.5 Å². The van der Waals surface area contributed by atoms with Gasteiger partial charge in [-0.05, 0) is 18.1 Å². The maximum Gasteiger partial charge on any atom is 0.161 e. The van der Waals surface area contributed by atoms with E-state index in [1.165, 1.54) is 6.07 Å². The zero-order valence-electron chi connectivity index (χ0n) is 8.53. The quantitative estimate of drug-likeness (QED) is 0.793. The molecule has 0 amide bonds. The third-order valence-corrected chi connectivity index (χ3v) is 3.41. The minimum absolute atomic E-state index is 0.237. The molecular weight excluding hydrogens is 211 g/mol. The second kappa shape index (κ2) is 4.66. The Bertz CT molecular complexity index is 379. The molecular formula is C11H13FN2S. The van der Waals surface area contributed by atoms with E-state index in [1.54, 1.807) is 23.9 Å². The van der Waals surface area contributed by atoms with Gasteiger partial charge in [0.15, 0.2) is 5.17 Å². The van der Waals surface area contributed by atoms with Crippen molar-refractivity contribution in [2.45, 2.75) is 6.92 Å². The van der Waals surface area contributed by atoms with Crippen LogP contribution in [0.25, 0.3) is 0 Å². The van der Waals surface area contributed by atoms with Crippen molar-refractivity contribution in [3.63, 3.8) is 0 Å². The summed E-state index contributed by atoms with van der Waals surface area (Å²) in [6.45, 7) is 2.99. The van der Waals surface area contributed by atoms with Gasteiger partial charge in [0, 0.05) is 12.3 Å². The van der Waals surface area contributed by atoms with Gasteiger partial charge in [0.25, 0.3) is 0 Å². The number of halogens is 1. The number of hydrogen-bond acceptors (Lipinski definition) is 3. The summed E-state index contributed by atoms with van der Waals surface area (Å²) in [5.74, 6) is 1.42. The van der Waals surface area contributed by atoms with Gasteiger partial charge < -0.3 is 5.32 Å². The Morgan fingerprint density at radius 1 is 1.47 bits per heavy atom. The summed E-state index contributed by atoms with van der Waals surface area (Å²) >= 11 is 1.65. The second-order valence-corrected chi connectivity index (χ2v) is 4.68. The molecule has 2 nitrogen and oxygen atoms in total. The molecule has 1 aromatic carbocycles. The van der Waals surface area contributed by atoms with E-state index in [1.807, 2.05) is 6.07 Å². The average Bonchev–Trinajstić information content (AvgIpc) is 2.25. The molecule has 1 N–H and O–H groups in total. The predicted molar refractivity (Wildman–Crippen MR) is 63.9 cm³/mol. The van der Waals surface area contributed by atoms with Crippen molar-refractivity contribution in [1.82, 2.24) is 0 Å². The second-order valence-electron chi connectivity index (χ2n) is 3.67. The molecule has 0 saturated heterocycles. The van der Waals surface area contributed by atoms with E-state index in [4.69, 9.17) is 0 Å². The van der Waals surface area contributed by atoms with E-state index in [2.05, 4.69) is 17.2 Å². The Labute approximate surface area is 93.0 Å². The van der Waals surface area contributed by atoms with Crippen LogP contribution < -0.4 is 5.32 Å². The molecule has 1 heterocycles. The van der Waals surface area contributed by atoms with E-state index in [0.29, 0.717) is 11.6 Å². The van der Waals surface area contributed by atoms with Gasteiger partial charge in [-0.2, -0.15) is 0 Å². The molecule has 1 unspecified atom stereocenters. The molecule has 0 bridgehead atoms. The van der Waals surface area contributed by atoms with E-state index in [0.717, 1.165) is 17.5 Å². The summed E-state index contributed by atoms with van der Waals surface area (Å²) in [6, 6.07) is 6.65. The predicted octanol–water partition coefficient (Wildman–Crippen LogP) is 2.98. The first-order chi connectivity index (χ1) is 7.25. The third kappa shape index (κ3) is 2.72. The van der Waals surface area contributed by atoms with Crippen LogP contribution in [0.5, 0.6) is 0 Å². The highest BCUT2D eigenvalue weighted by Gasteiger charge is 2.12. The fourth-order valence-corrected chi connectivity index (χ4v) is 2.21.